The van der Waals surface area contributed by atoms with Crippen LogP contribution in [0.4, 0.5) is 0 Å². The number of allylic oxidation sites excluding steroid dienone is 1. The minimum Gasteiger partial charge on any atom is -0.489 e. The van der Waals surface area contributed by atoms with Gasteiger partial charge in [0.05, 0.1) is 5.56 Å². The molecule has 3 aromatic rings. The van der Waals surface area contributed by atoms with Crippen molar-refractivity contribution in [3.63, 3.8) is 0 Å². The Labute approximate surface area is 170 Å². The molecule has 3 nitrogen and oxygen atoms in total. The number of halogens is 2. The van der Waals surface area contributed by atoms with Crippen molar-refractivity contribution in [3.05, 3.63) is 85.2 Å². The fourth-order valence-electron chi connectivity index (χ4n) is 2.89. The zero-order valence-corrected chi connectivity index (χ0v) is 16.6. The van der Waals surface area contributed by atoms with Gasteiger partial charge in [0.1, 0.15) is 18.1 Å². The number of fused-ring (bicyclic) bond motifs is 1. The molecule has 0 saturated heterocycles. The standard InChI is InChI=1S/C21H14Cl2O3S/c1-12-8-13(25-11-15-16(22)5-2-6-17(15)23)9-18-20(12)21(24)19(26-18)10-14-4-3-7-27-14/h2-10H,11H2,1H3/b19-10-. The second-order valence-corrected chi connectivity index (χ2v) is 7.85. The molecular weight excluding hydrogens is 403 g/mol. The molecule has 2 aromatic carbocycles. The van der Waals surface area contributed by atoms with E-state index < -0.39 is 0 Å². The summed E-state index contributed by atoms with van der Waals surface area (Å²) in [7, 11) is 0. The SMILES string of the molecule is Cc1cc(OCc2c(Cl)cccc2Cl)cc2c1C(=O)/C(=C/c1cccs1)O2. The summed E-state index contributed by atoms with van der Waals surface area (Å²) in [6, 6.07) is 12.7. The van der Waals surface area contributed by atoms with Gasteiger partial charge in [0.15, 0.2) is 5.76 Å². The van der Waals surface area contributed by atoms with E-state index in [2.05, 4.69) is 0 Å². The van der Waals surface area contributed by atoms with Crippen LogP contribution in [-0.2, 0) is 6.61 Å². The van der Waals surface area contributed by atoms with E-state index in [9.17, 15) is 4.79 Å². The van der Waals surface area contributed by atoms with Gasteiger partial charge in [0.2, 0.25) is 5.78 Å². The minimum absolute atomic E-state index is 0.114. The molecule has 1 aromatic heterocycles. The number of thiophene rings is 1. The highest BCUT2D eigenvalue weighted by molar-refractivity contribution is 7.10. The van der Waals surface area contributed by atoms with Crippen molar-refractivity contribution >= 4 is 46.4 Å². The van der Waals surface area contributed by atoms with E-state index in [4.69, 9.17) is 32.7 Å². The molecule has 0 N–H and O–H groups in total. The molecule has 27 heavy (non-hydrogen) atoms. The Hall–Kier alpha value is -2.27. The highest BCUT2D eigenvalue weighted by Gasteiger charge is 2.30. The molecule has 2 heterocycles. The number of carbonyl (C=O) groups excluding carboxylic acids is 1. The van der Waals surface area contributed by atoms with Crippen molar-refractivity contribution in [2.24, 2.45) is 0 Å². The van der Waals surface area contributed by atoms with Gasteiger partial charge in [0.25, 0.3) is 0 Å². The van der Waals surface area contributed by atoms with Crippen molar-refractivity contribution in [1.29, 1.82) is 0 Å². The van der Waals surface area contributed by atoms with Crippen LogP contribution in [0.5, 0.6) is 11.5 Å². The Morgan fingerprint density at radius 2 is 1.93 bits per heavy atom. The van der Waals surface area contributed by atoms with Gasteiger partial charge >= 0.3 is 0 Å². The number of ketones is 1. The summed E-state index contributed by atoms with van der Waals surface area (Å²) in [5, 5.41) is 3.05. The maximum Gasteiger partial charge on any atom is 0.232 e. The predicted octanol–water partition coefficient (Wildman–Crippen LogP) is 6.56. The number of carbonyl (C=O) groups is 1. The van der Waals surface area contributed by atoms with E-state index in [1.807, 2.05) is 30.5 Å². The fourth-order valence-corrected chi connectivity index (χ4v) is 4.04. The first-order chi connectivity index (χ1) is 13.0. The monoisotopic (exact) mass is 416 g/mol. The topological polar surface area (TPSA) is 35.5 Å². The molecule has 0 bridgehead atoms. The highest BCUT2D eigenvalue weighted by Crippen LogP contribution is 2.38. The summed E-state index contributed by atoms with van der Waals surface area (Å²) in [5.74, 6) is 1.30. The second kappa shape index (κ2) is 7.39. The third-order valence-corrected chi connectivity index (χ3v) is 5.73. The van der Waals surface area contributed by atoms with E-state index in [-0.39, 0.29) is 12.4 Å². The number of hydrogen-bond donors (Lipinski definition) is 0. The average Bonchev–Trinajstić information content (AvgIpc) is 3.23. The Balaban J connectivity index is 1.59. The zero-order valence-electron chi connectivity index (χ0n) is 14.3. The van der Waals surface area contributed by atoms with Crippen molar-refractivity contribution in [2.75, 3.05) is 0 Å². The number of rotatable bonds is 4. The van der Waals surface area contributed by atoms with Crippen LogP contribution in [-0.4, -0.2) is 5.78 Å². The molecule has 0 fully saturated rings. The first-order valence-electron chi connectivity index (χ1n) is 8.21. The molecule has 0 amide bonds. The van der Waals surface area contributed by atoms with Gasteiger partial charge in [-0.3, -0.25) is 4.79 Å². The smallest absolute Gasteiger partial charge is 0.232 e. The molecule has 0 atom stereocenters. The molecule has 4 rings (SSSR count). The summed E-state index contributed by atoms with van der Waals surface area (Å²) >= 11 is 13.9. The lowest BCUT2D eigenvalue weighted by Crippen LogP contribution is -2.00. The van der Waals surface area contributed by atoms with Crippen LogP contribution in [0.1, 0.15) is 26.4 Å². The second-order valence-electron chi connectivity index (χ2n) is 6.06. The van der Waals surface area contributed by atoms with Gasteiger partial charge in [-0.15, -0.1) is 11.3 Å². The van der Waals surface area contributed by atoms with Gasteiger partial charge in [0, 0.05) is 32.6 Å². The Kier molecular flexibility index (Phi) is 4.96. The molecule has 0 aliphatic carbocycles. The molecule has 1 aliphatic heterocycles. The van der Waals surface area contributed by atoms with Crippen molar-refractivity contribution in [1.82, 2.24) is 0 Å². The van der Waals surface area contributed by atoms with Crippen LogP contribution in [0, 0.1) is 6.92 Å². The maximum atomic E-state index is 12.7. The molecule has 0 saturated carbocycles. The van der Waals surface area contributed by atoms with E-state index in [1.54, 1.807) is 41.7 Å². The normalized spacial score (nSPS) is 14.3. The van der Waals surface area contributed by atoms with Crippen molar-refractivity contribution in [2.45, 2.75) is 13.5 Å². The summed E-state index contributed by atoms with van der Waals surface area (Å²) in [4.78, 5) is 13.6. The minimum atomic E-state index is -0.114. The van der Waals surface area contributed by atoms with E-state index >= 15 is 0 Å². The predicted molar refractivity (Wildman–Crippen MR) is 109 cm³/mol. The van der Waals surface area contributed by atoms with Gasteiger partial charge in [-0.05, 0) is 42.1 Å². The quantitative estimate of drug-likeness (QED) is 0.451. The van der Waals surface area contributed by atoms with Crippen LogP contribution < -0.4 is 9.47 Å². The van der Waals surface area contributed by atoms with Gasteiger partial charge in [-0.1, -0.05) is 35.3 Å². The summed E-state index contributed by atoms with van der Waals surface area (Å²) in [6.45, 7) is 2.09. The van der Waals surface area contributed by atoms with E-state index in [0.29, 0.717) is 38.4 Å². The van der Waals surface area contributed by atoms with Crippen molar-refractivity contribution < 1.29 is 14.3 Å². The van der Waals surface area contributed by atoms with Crippen LogP contribution in [0.3, 0.4) is 0 Å². The molecule has 6 heteroatoms. The first kappa shape index (κ1) is 18.1. The van der Waals surface area contributed by atoms with Crippen LogP contribution in [0.2, 0.25) is 10.0 Å². The largest absolute Gasteiger partial charge is 0.489 e. The molecule has 136 valence electrons. The molecule has 0 radical (unpaired) electrons. The number of benzene rings is 2. The maximum absolute atomic E-state index is 12.7. The summed E-state index contributed by atoms with van der Waals surface area (Å²) in [5.41, 5.74) is 2.09. The van der Waals surface area contributed by atoms with Crippen LogP contribution in [0.25, 0.3) is 6.08 Å². The highest BCUT2D eigenvalue weighted by atomic mass is 35.5. The Morgan fingerprint density at radius 1 is 1.15 bits per heavy atom. The lowest BCUT2D eigenvalue weighted by molar-refractivity contribution is 0.101. The van der Waals surface area contributed by atoms with Gasteiger partial charge in [-0.2, -0.15) is 0 Å². The first-order valence-corrected chi connectivity index (χ1v) is 9.84. The third-order valence-electron chi connectivity index (χ3n) is 4.21. The van der Waals surface area contributed by atoms with Gasteiger partial charge in [-0.25, -0.2) is 0 Å². The summed E-state index contributed by atoms with van der Waals surface area (Å²) < 4.78 is 11.7. The lowest BCUT2D eigenvalue weighted by Gasteiger charge is -2.11. The number of Topliss-reactive ketones (excluding diaryl/α,β-unsaturated/α-hetero) is 1. The Bertz CT molecular complexity index is 1040. The van der Waals surface area contributed by atoms with E-state index in [0.717, 1.165) is 10.4 Å². The van der Waals surface area contributed by atoms with Gasteiger partial charge < -0.3 is 9.47 Å². The van der Waals surface area contributed by atoms with Crippen LogP contribution >= 0.6 is 34.5 Å². The summed E-state index contributed by atoms with van der Waals surface area (Å²) in [6.07, 6.45) is 1.76. The number of ether oxygens (including phenoxy) is 2. The Morgan fingerprint density at radius 3 is 2.63 bits per heavy atom. The average molecular weight is 417 g/mol. The molecular formula is C21H14Cl2O3S. The van der Waals surface area contributed by atoms with E-state index in [1.165, 1.54) is 0 Å². The fraction of sp³-hybridized carbons (Fsp3) is 0.0952. The third kappa shape index (κ3) is 3.61. The molecule has 0 unspecified atom stereocenters. The molecule has 0 spiro atoms. The lowest BCUT2D eigenvalue weighted by atomic mass is 10.0. The number of aryl methyl sites for hydroxylation is 1. The molecule has 1 aliphatic rings. The van der Waals surface area contributed by atoms with Crippen molar-refractivity contribution in [3.8, 4) is 11.5 Å². The number of hydrogen-bond acceptors (Lipinski definition) is 4. The van der Waals surface area contributed by atoms with Crippen LogP contribution in [0.15, 0.2) is 53.6 Å². The zero-order chi connectivity index (χ0) is 19.0.